The van der Waals surface area contributed by atoms with Gasteiger partial charge in [0.2, 0.25) is 0 Å². The molecule has 7 heteroatoms. The van der Waals surface area contributed by atoms with Gasteiger partial charge in [0.25, 0.3) is 0 Å². The number of nitriles is 1. The molecule has 110 valence electrons. The predicted molar refractivity (Wildman–Crippen MR) is 75.6 cm³/mol. The molecule has 0 aliphatic rings. The summed E-state index contributed by atoms with van der Waals surface area (Å²) >= 11 is 0. The Morgan fingerprint density at radius 2 is 1.50 bits per heavy atom. The highest BCUT2D eigenvalue weighted by molar-refractivity contribution is 7.91. The fraction of sp³-hybridized carbons (Fsp3) is 0.462. The monoisotopic (exact) mass is 315 g/mol. The predicted octanol–water partition coefficient (Wildman–Crippen LogP) is 1.80. The molecule has 0 aliphatic heterocycles. The average Bonchev–Trinajstić information content (AvgIpc) is 2.36. The number of sulfone groups is 2. The summed E-state index contributed by atoms with van der Waals surface area (Å²) in [6.45, 7) is 3.35. The Bertz CT molecular complexity index is 724. The van der Waals surface area contributed by atoms with Crippen LogP contribution in [0.5, 0.6) is 0 Å². The van der Waals surface area contributed by atoms with E-state index in [1.54, 1.807) is 13.8 Å². The summed E-state index contributed by atoms with van der Waals surface area (Å²) in [4.78, 5) is 0.146. The molecule has 0 radical (unpaired) electrons. The van der Waals surface area contributed by atoms with E-state index in [1.807, 2.05) is 0 Å². The van der Waals surface area contributed by atoms with E-state index in [9.17, 15) is 16.8 Å². The van der Waals surface area contributed by atoms with E-state index < -0.39 is 25.1 Å². The lowest BCUT2D eigenvalue weighted by atomic mass is 9.93. The minimum Gasteiger partial charge on any atom is -0.224 e. The van der Waals surface area contributed by atoms with Crippen molar-refractivity contribution < 1.29 is 16.8 Å². The van der Waals surface area contributed by atoms with Crippen molar-refractivity contribution in [3.63, 3.8) is 0 Å². The van der Waals surface area contributed by atoms with Gasteiger partial charge in [0, 0.05) is 6.26 Å². The van der Waals surface area contributed by atoms with Crippen LogP contribution in [-0.2, 0) is 19.7 Å². The van der Waals surface area contributed by atoms with Crippen molar-refractivity contribution >= 4 is 19.7 Å². The highest BCUT2D eigenvalue weighted by atomic mass is 32.2. The molecule has 0 fully saturated rings. The van der Waals surface area contributed by atoms with Crippen LogP contribution in [0.15, 0.2) is 34.1 Å². The molecule has 5 nitrogen and oxygen atoms in total. The molecule has 0 saturated carbocycles. The molecule has 0 saturated heterocycles. The van der Waals surface area contributed by atoms with Crippen molar-refractivity contribution in [2.24, 2.45) is 5.41 Å². The molecule has 0 atom stereocenters. The molecule has 0 spiro atoms. The van der Waals surface area contributed by atoms with Crippen LogP contribution < -0.4 is 0 Å². The maximum atomic E-state index is 12.1. The van der Waals surface area contributed by atoms with Crippen molar-refractivity contribution in [2.75, 3.05) is 12.0 Å². The first kappa shape index (κ1) is 16.7. The van der Waals surface area contributed by atoms with Crippen molar-refractivity contribution in [3.8, 4) is 6.07 Å². The zero-order valence-corrected chi connectivity index (χ0v) is 13.3. The summed E-state index contributed by atoms with van der Waals surface area (Å²) in [6.07, 6.45) is 1.28. The normalized spacial score (nSPS) is 12.9. The van der Waals surface area contributed by atoms with Crippen molar-refractivity contribution in [1.82, 2.24) is 0 Å². The van der Waals surface area contributed by atoms with E-state index in [1.165, 1.54) is 24.3 Å². The Balaban J connectivity index is 2.98. The average molecular weight is 315 g/mol. The molecular weight excluding hydrogens is 298 g/mol. The summed E-state index contributed by atoms with van der Waals surface area (Å²) in [7, 11) is -6.85. The lowest BCUT2D eigenvalue weighted by Crippen LogP contribution is -2.16. The minimum atomic E-state index is -3.51. The lowest BCUT2D eigenvalue weighted by molar-refractivity contribution is 0.473. The third-order valence-corrected chi connectivity index (χ3v) is 5.77. The Labute approximate surface area is 120 Å². The molecule has 0 bridgehead atoms. The maximum Gasteiger partial charge on any atom is 0.178 e. The maximum absolute atomic E-state index is 12.1. The molecule has 0 unspecified atom stereocenters. The first-order chi connectivity index (χ1) is 8.98. The topological polar surface area (TPSA) is 92.1 Å². The van der Waals surface area contributed by atoms with Crippen LogP contribution >= 0.6 is 0 Å². The number of hydrogen-bond donors (Lipinski definition) is 0. The van der Waals surface area contributed by atoms with E-state index in [-0.39, 0.29) is 22.0 Å². The van der Waals surface area contributed by atoms with Gasteiger partial charge in [-0.3, -0.25) is 0 Å². The van der Waals surface area contributed by atoms with Gasteiger partial charge in [0.15, 0.2) is 19.7 Å². The van der Waals surface area contributed by atoms with E-state index in [4.69, 9.17) is 5.26 Å². The third kappa shape index (κ3) is 4.32. The Kier molecular flexibility index (Phi) is 4.62. The first-order valence-electron chi connectivity index (χ1n) is 5.92. The van der Waals surface area contributed by atoms with Crippen LogP contribution in [0, 0.1) is 16.7 Å². The van der Waals surface area contributed by atoms with Gasteiger partial charge in [-0.2, -0.15) is 5.26 Å². The van der Waals surface area contributed by atoms with Crippen molar-refractivity contribution in [2.45, 2.75) is 30.1 Å². The molecule has 20 heavy (non-hydrogen) atoms. The number of benzene rings is 1. The standard InChI is InChI=1S/C13H17NO4S2/c1-13(2,10-14)8-9-20(17,18)12-6-4-11(5-7-12)19(3,15)16/h4-7H,8-9H2,1-3H3. The summed E-state index contributed by atoms with van der Waals surface area (Å²) < 4.78 is 46.8. The summed E-state index contributed by atoms with van der Waals surface area (Å²) in [5.74, 6) is -0.147. The van der Waals surface area contributed by atoms with Gasteiger partial charge in [-0.15, -0.1) is 0 Å². The molecule has 1 rings (SSSR count). The number of nitrogens with zero attached hydrogens (tertiary/aromatic N) is 1. The van der Waals surface area contributed by atoms with Gasteiger partial charge >= 0.3 is 0 Å². The molecule has 0 heterocycles. The van der Waals surface area contributed by atoms with Crippen LogP contribution in [0.25, 0.3) is 0 Å². The smallest absolute Gasteiger partial charge is 0.178 e. The molecule has 0 aliphatic carbocycles. The van der Waals surface area contributed by atoms with E-state index in [0.717, 1.165) is 6.26 Å². The van der Waals surface area contributed by atoms with Gasteiger partial charge in [-0.1, -0.05) is 0 Å². The zero-order valence-electron chi connectivity index (χ0n) is 11.6. The van der Waals surface area contributed by atoms with Gasteiger partial charge < -0.3 is 0 Å². The highest BCUT2D eigenvalue weighted by Crippen LogP contribution is 2.23. The molecule has 0 amide bonds. The summed E-state index contributed by atoms with van der Waals surface area (Å²) in [5, 5.41) is 8.88. The third-order valence-electron chi connectivity index (χ3n) is 2.91. The molecule has 0 aromatic heterocycles. The largest absolute Gasteiger partial charge is 0.224 e. The van der Waals surface area contributed by atoms with E-state index >= 15 is 0 Å². The van der Waals surface area contributed by atoms with Crippen LogP contribution in [0.4, 0.5) is 0 Å². The lowest BCUT2D eigenvalue weighted by Gasteiger charge is -2.14. The fourth-order valence-electron chi connectivity index (χ4n) is 1.46. The quantitative estimate of drug-likeness (QED) is 0.826. The van der Waals surface area contributed by atoms with Crippen LogP contribution in [0.3, 0.4) is 0 Å². The fourth-order valence-corrected chi connectivity index (χ4v) is 3.65. The van der Waals surface area contributed by atoms with Gasteiger partial charge in [0.05, 0.1) is 27.0 Å². The second-order valence-electron chi connectivity index (χ2n) is 5.31. The summed E-state index contributed by atoms with van der Waals surface area (Å²) in [6, 6.07) is 7.17. The second kappa shape index (κ2) is 5.54. The number of rotatable bonds is 5. The first-order valence-corrected chi connectivity index (χ1v) is 9.46. The second-order valence-corrected chi connectivity index (χ2v) is 9.43. The highest BCUT2D eigenvalue weighted by Gasteiger charge is 2.23. The molecule has 1 aromatic carbocycles. The minimum absolute atomic E-state index is 0.0682. The van der Waals surface area contributed by atoms with E-state index in [0.29, 0.717) is 0 Å². The Hall–Kier alpha value is -1.39. The van der Waals surface area contributed by atoms with Crippen molar-refractivity contribution in [3.05, 3.63) is 24.3 Å². The van der Waals surface area contributed by atoms with E-state index in [2.05, 4.69) is 6.07 Å². The molecule has 0 N–H and O–H groups in total. The van der Waals surface area contributed by atoms with Gasteiger partial charge in [-0.05, 0) is 44.5 Å². The Morgan fingerprint density at radius 3 is 1.90 bits per heavy atom. The van der Waals surface area contributed by atoms with Crippen molar-refractivity contribution in [1.29, 1.82) is 5.26 Å². The molecular formula is C13H17NO4S2. The molecule has 1 aromatic rings. The number of hydrogen-bond acceptors (Lipinski definition) is 5. The van der Waals surface area contributed by atoms with Crippen LogP contribution in [0.2, 0.25) is 0 Å². The van der Waals surface area contributed by atoms with Gasteiger partial charge in [-0.25, -0.2) is 16.8 Å². The van der Waals surface area contributed by atoms with Gasteiger partial charge in [0.1, 0.15) is 0 Å². The summed E-state index contributed by atoms with van der Waals surface area (Å²) in [5.41, 5.74) is -0.709. The zero-order chi connectivity index (χ0) is 15.6. The Morgan fingerprint density at radius 1 is 1.05 bits per heavy atom. The SMILES string of the molecule is CC(C)(C#N)CCS(=O)(=O)c1ccc(S(C)(=O)=O)cc1. The van der Waals surface area contributed by atoms with Crippen LogP contribution in [0.1, 0.15) is 20.3 Å². The van der Waals surface area contributed by atoms with Crippen LogP contribution in [-0.4, -0.2) is 28.8 Å².